The predicted molar refractivity (Wildman–Crippen MR) is 101 cm³/mol. The van der Waals surface area contributed by atoms with Gasteiger partial charge in [-0.05, 0) is 35.9 Å². The molecule has 0 aromatic heterocycles. The van der Waals surface area contributed by atoms with Crippen LogP contribution in [0.5, 0.6) is 5.75 Å². The van der Waals surface area contributed by atoms with Gasteiger partial charge in [0.25, 0.3) is 0 Å². The molecule has 3 nitrogen and oxygen atoms in total. The highest BCUT2D eigenvalue weighted by Crippen LogP contribution is 2.39. The molecule has 0 spiro atoms. The summed E-state index contributed by atoms with van der Waals surface area (Å²) in [7, 11) is 1.67. The number of hydrogen-bond acceptors (Lipinski definition) is 3. The second-order valence-electron chi connectivity index (χ2n) is 5.74. The zero-order valence-corrected chi connectivity index (χ0v) is 15.6. The van der Waals surface area contributed by atoms with Gasteiger partial charge in [0.05, 0.1) is 13.2 Å². The fraction of sp³-hybridized carbons (Fsp3) is 0.333. The first kappa shape index (κ1) is 17.8. The average molecular weight is 386 g/mol. The van der Waals surface area contributed by atoms with Gasteiger partial charge in [0.15, 0.2) is 0 Å². The summed E-state index contributed by atoms with van der Waals surface area (Å²) < 4.78 is 5.59. The molecule has 0 aliphatic carbocycles. The Balaban J connectivity index is 2.13. The number of halogens is 3. The molecule has 1 aliphatic rings. The van der Waals surface area contributed by atoms with Crippen molar-refractivity contribution in [3.63, 3.8) is 0 Å². The highest BCUT2D eigenvalue weighted by atomic mass is 35.5. The third-order valence-electron chi connectivity index (χ3n) is 4.26. The van der Waals surface area contributed by atoms with Crippen LogP contribution in [0.3, 0.4) is 0 Å². The molecule has 1 N–H and O–H groups in total. The van der Waals surface area contributed by atoms with Crippen LogP contribution in [0.4, 0.5) is 0 Å². The van der Waals surface area contributed by atoms with Crippen molar-refractivity contribution < 1.29 is 4.74 Å². The Hall–Kier alpha value is -0.970. The lowest BCUT2D eigenvalue weighted by Gasteiger charge is -2.36. The predicted octanol–water partition coefficient (Wildman–Crippen LogP) is 4.65. The molecule has 1 fully saturated rings. The first-order valence-electron chi connectivity index (χ1n) is 7.83. The van der Waals surface area contributed by atoms with Crippen LogP contribution in [-0.2, 0) is 0 Å². The van der Waals surface area contributed by atoms with E-state index in [1.165, 1.54) is 0 Å². The topological polar surface area (TPSA) is 24.5 Å². The summed E-state index contributed by atoms with van der Waals surface area (Å²) in [6, 6.07) is 11.3. The number of nitrogens with one attached hydrogen (secondary N) is 1. The maximum atomic E-state index is 6.53. The zero-order chi connectivity index (χ0) is 17.1. The molecule has 0 saturated carbocycles. The Morgan fingerprint density at radius 2 is 1.62 bits per heavy atom. The van der Waals surface area contributed by atoms with Gasteiger partial charge in [-0.3, -0.25) is 4.90 Å². The smallest absolute Gasteiger partial charge is 0.124 e. The van der Waals surface area contributed by atoms with E-state index in [2.05, 4.69) is 10.2 Å². The van der Waals surface area contributed by atoms with Crippen LogP contribution in [0.1, 0.15) is 17.2 Å². The van der Waals surface area contributed by atoms with E-state index in [0.29, 0.717) is 15.1 Å². The summed E-state index contributed by atoms with van der Waals surface area (Å²) in [6.45, 7) is 3.70. The Morgan fingerprint density at radius 3 is 2.29 bits per heavy atom. The monoisotopic (exact) mass is 384 g/mol. The molecule has 128 valence electrons. The van der Waals surface area contributed by atoms with Gasteiger partial charge in [-0.2, -0.15) is 0 Å². The maximum Gasteiger partial charge on any atom is 0.124 e. The second-order valence-corrected chi connectivity index (χ2v) is 7.02. The quantitative estimate of drug-likeness (QED) is 0.829. The molecule has 24 heavy (non-hydrogen) atoms. The standard InChI is InChI=1S/C18H19Cl3N2O/c1-24-17-5-3-12(19)10-15(17)18(23-8-6-22-7-9-23)14-4-2-13(20)11-16(14)21/h2-5,10-11,18,22H,6-9H2,1H3. The fourth-order valence-corrected chi connectivity index (χ4v) is 3.84. The molecule has 0 radical (unpaired) electrons. The first-order chi connectivity index (χ1) is 11.6. The minimum absolute atomic E-state index is 0.0366. The number of hydrogen-bond donors (Lipinski definition) is 1. The van der Waals surface area contributed by atoms with Crippen LogP contribution in [0.25, 0.3) is 0 Å². The van der Waals surface area contributed by atoms with Gasteiger partial charge in [-0.25, -0.2) is 0 Å². The zero-order valence-electron chi connectivity index (χ0n) is 13.4. The highest BCUT2D eigenvalue weighted by molar-refractivity contribution is 6.35. The number of methoxy groups -OCH3 is 1. The van der Waals surface area contributed by atoms with Gasteiger partial charge < -0.3 is 10.1 Å². The molecular formula is C18H19Cl3N2O. The van der Waals surface area contributed by atoms with Gasteiger partial charge in [-0.1, -0.05) is 40.9 Å². The van der Waals surface area contributed by atoms with E-state index >= 15 is 0 Å². The van der Waals surface area contributed by atoms with Crippen molar-refractivity contribution in [3.8, 4) is 5.75 Å². The van der Waals surface area contributed by atoms with Crippen molar-refractivity contribution in [3.05, 3.63) is 62.6 Å². The number of piperazine rings is 1. The minimum atomic E-state index is -0.0366. The fourth-order valence-electron chi connectivity index (χ4n) is 3.14. The highest BCUT2D eigenvalue weighted by Gasteiger charge is 2.28. The molecule has 3 rings (SSSR count). The van der Waals surface area contributed by atoms with Crippen LogP contribution < -0.4 is 10.1 Å². The van der Waals surface area contributed by atoms with E-state index in [1.54, 1.807) is 13.2 Å². The summed E-state index contributed by atoms with van der Waals surface area (Å²) in [5.74, 6) is 0.800. The third-order valence-corrected chi connectivity index (χ3v) is 5.06. The van der Waals surface area contributed by atoms with Gasteiger partial charge >= 0.3 is 0 Å². The Kier molecular flexibility index (Phi) is 5.90. The van der Waals surface area contributed by atoms with E-state index in [4.69, 9.17) is 39.5 Å². The van der Waals surface area contributed by atoms with Crippen LogP contribution >= 0.6 is 34.8 Å². The van der Waals surface area contributed by atoms with Crippen molar-refractivity contribution in [2.24, 2.45) is 0 Å². The van der Waals surface area contributed by atoms with Crippen molar-refractivity contribution in [2.75, 3.05) is 33.3 Å². The van der Waals surface area contributed by atoms with Gasteiger partial charge in [0.1, 0.15) is 5.75 Å². The van der Waals surface area contributed by atoms with Crippen molar-refractivity contribution in [1.82, 2.24) is 10.2 Å². The summed E-state index contributed by atoms with van der Waals surface area (Å²) in [6.07, 6.45) is 0. The van der Waals surface area contributed by atoms with Gasteiger partial charge in [0.2, 0.25) is 0 Å². The largest absolute Gasteiger partial charge is 0.496 e. The lowest BCUT2D eigenvalue weighted by Crippen LogP contribution is -2.45. The second kappa shape index (κ2) is 7.94. The maximum absolute atomic E-state index is 6.53. The summed E-state index contributed by atoms with van der Waals surface area (Å²) >= 11 is 18.9. The summed E-state index contributed by atoms with van der Waals surface area (Å²) in [5.41, 5.74) is 2.01. The number of benzene rings is 2. The van der Waals surface area contributed by atoms with Crippen LogP contribution in [-0.4, -0.2) is 38.2 Å². The molecule has 6 heteroatoms. The van der Waals surface area contributed by atoms with E-state index in [0.717, 1.165) is 43.1 Å². The lowest BCUT2D eigenvalue weighted by molar-refractivity contribution is 0.195. The lowest BCUT2D eigenvalue weighted by atomic mass is 9.95. The summed E-state index contributed by atoms with van der Waals surface area (Å²) in [5, 5.41) is 5.33. The van der Waals surface area contributed by atoms with Crippen LogP contribution in [0.15, 0.2) is 36.4 Å². The molecule has 1 saturated heterocycles. The molecule has 0 amide bonds. The van der Waals surface area contributed by atoms with E-state index < -0.39 is 0 Å². The normalized spacial score (nSPS) is 16.8. The number of ether oxygens (including phenoxy) is 1. The Morgan fingerprint density at radius 1 is 0.958 bits per heavy atom. The van der Waals surface area contributed by atoms with E-state index in [9.17, 15) is 0 Å². The number of nitrogens with zero attached hydrogens (tertiary/aromatic N) is 1. The SMILES string of the molecule is COc1ccc(Cl)cc1C(c1ccc(Cl)cc1Cl)N1CCNCC1. The Labute approximate surface area is 157 Å². The van der Waals surface area contributed by atoms with Gasteiger partial charge in [-0.15, -0.1) is 0 Å². The first-order valence-corrected chi connectivity index (χ1v) is 8.96. The number of rotatable bonds is 4. The van der Waals surface area contributed by atoms with Crippen LogP contribution in [0.2, 0.25) is 15.1 Å². The Bertz CT molecular complexity index is 717. The van der Waals surface area contributed by atoms with Crippen LogP contribution in [0, 0.1) is 0 Å². The molecular weight excluding hydrogens is 367 g/mol. The van der Waals surface area contributed by atoms with Crippen molar-refractivity contribution in [2.45, 2.75) is 6.04 Å². The molecule has 1 aliphatic heterocycles. The molecule has 1 heterocycles. The van der Waals surface area contributed by atoms with Crippen molar-refractivity contribution >= 4 is 34.8 Å². The molecule has 2 aromatic carbocycles. The molecule has 2 aromatic rings. The minimum Gasteiger partial charge on any atom is -0.496 e. The molecule has 1 atom stereocenters. The van der Waals surface area contributed by atoms with E-state index in [1.807, 2.05) is 30.3 Å². The molecule has 1 unspecified atom stereocenters. The summed E-state index contributed by atoms with van der Waals surface area (Å²) in [4.78, 5) is 2.39. The van der Waals surface area contributed by atoms with E-state index in [-0.39, 0.29) is 6.04 Å². The van der Waals surface area contributed by atoms with Gasteiger partial charge in [0, 0.05) is 46.8 Å². The average Bonchev–Trinajstić information content (AvgIpc) is 2.58. The van der Waals surface area contributed by atoms with Crippen molar-refractivity contribution in [1.29, 1.82) is 0 Å². The third kappa shape index (κ3) is 3.81. The molecule has 0 bridgehead atoms.